The molecule has 3 aromatic rings. The highest BCUT2D eigenvalue weighted by Crippen LogP contribution is 2.30. The van der Waals surface area contributed by atoms with Crippen LogP contribution >= 0.6 is 11.3 Å². The Kier molecular flexibility index (Phi) is 5.36. The standard InChI is InChI=1S/C20H22N4O5S2/c1-12-4-5-14(25)15(10-12)31(28,29)24-8-6-23(7-9-24)20(27)17-13(2)16-18(30-17)21-11-22(3)19(16)26/h4-5,10-11,25H,6-9H2,1-3H3. The Bertz CT molecular complexity index is 1350. The largest absolute Gasteiger partial charge is 0.507 e. The maximum absolute atomic E-state index is 13.1. The molecule has 0 radical (unpaired) electrons. The van der Waals surface area contributed by atoms with Crippen molar-refractivity contribution in [1.29, 1.82) is 0 Å². The average molecular weight is 463 g/mol. The number of carbonyl (C=O) groups excluding carboxylic acids is 1. The molecular weight excluding hydrogens is 440 g/mol. The van der Waals surface area contributed by atoms with Gasteiger partial charge in [-0.05, 0) is 37.1 Å². The molecule has 1 saturated heterocycles. The molecule has 1 amide bonds. The molecule has 3 heterocycles. The number of amides is 1. The number of aromatic hydroxyl groups is 1. The van der Waals surface area contributed by atoms with Gasteiger partial charge < -0.3 is 14.6 Å². The van der Waals surface area contributed by atoms with Crippen molar-refractivity contribution >= 4 is 37.5 Å². The molecule has 0 saturated carbocycles. The van der Waals surface area contributed by atoms with E-state index in [1.54, 1.807) is 31.9 Å². The molecule has 0 spiro atoms. The van der Waals surface area contributed by atoms with Crippen LogP contribution in [0.25, 0.3) is 10.2 Å². The maximum atomic E-state index is 13.1. The number of hydrogen-bond acceptors (Lipinski definition) is 7. The molecule has 1 aliphatic rings. The molecular formula is C20H22N4O5S2. The number of phenols is 1. The number of benzene rings is 1. The fourth-order valence-electron chi connectivity index (χ4n) is 3.66. The van der Waals surface area contributed by atoms with Crippen LogP contribution in [-0.4, -0.2) is 64.4 Å². The minimum absolute atomic E-state index is 0.116. The van der Waals surface area contributed by atoms with E-state index in [9.17, 15) is 23.1 Å². The molecule has 11 heteroatoms. The van der Waals surface area contributed by atoms with E-state index in [1.807, 2.05) is 0 Å². The highest BCUT2D eigenvalue weighted by molar-refractivity contribution is 7.89. The van der Waals surface area contributed by atoms with Crippen LogP contribution in [-0.2, 0) is 17.1 Å². The zero-order valence-corrected chi connectivity index (χ0v) is 19.0. The molecule has 0 bridgehead atoms. The molecule has 9 nitrogen and oxygen atoms in total. The van der Waals surface area contributed by atoms with E-state index >= 15 is 0 Å². The van der Waals surface area contributed by atoms with Gasteiger partial charge in [-0.25, -0.2) is 13.4 Å². The van der Waals surface area contributed by atoms with Gasteiger partial charge >= 0.3 is 0 Å². The Morgan fingerprint density at radius 1 is 1.16 bits per heavy atom. The first-order chi connectivity index (χ1) is 14.6. The summed E-state index contributed by atoms with van der Waals surface area (Å²) in [6.07, 6.45) is 1.43. The monoisotopic (exact) mass is 462 g/mol. The molecule has 164 valence electrons. The molecule has 1 aromatic carbocycles. The minimum Gasteiger partial charge on any atom is -0.507 e. The Morgan fingerprint density at radius 2 is 1.84 bits per heavy atom. The van der Waals surface area contributed by atoms with Crippen molar-refractivity contribution in [2.45, 2.75) is 18.7 Å². The quantitative estimate of drug-likeness (QED) is 0.631. The summed E-state index contributed by atoms with van der Waals surface area (Å²) in [7, 11) is -2.26. The summed E-state index contributed by atoms with van der Waals surface area (Å²) in [4.78, 5) is 32.2. The summed E-state index contributed by atoms with van der Waals surface area (Å²) in [5.41, 5.74) is 1.12. The van der Waals surface area contributed by atoms with E-state index in [4.69, 9.17) is 0 Å². The van der Waals surface area contributed by atoms with Gasteiger partial charge in [0.15, 0.2) is 0 Å². The van der Waals surface area contributed by atoms with Gasteiger partial charge in [-0.15, -0.1) is 11.3 Å². The fourth-order valence-corrected chi connectivity index (χ4v) is 6.35. The van der Waals surface area contributed by atoms with Crippen LogP contribution in [0.15, 0.2) is 34.2 Å². The second-order valence-corrected chi connectivity index (χ2v) is 10.5. The lowest BCUT2D eigenvalue weighted by Crippen LogP contribution is -2.50. The number of phenolic OH excluding ortho intramolecular Hbond substituents is 1. The predicted octanol–water partition coefficient (Wildman–Crippen LogP) is 1.46. The molecule has 0 aliphatic carbocycles. The smallest absolute Gasteiger partial charge is 0.264 e. The maximum Gasteiger partial charge on any atom is 0.264 e. The number of rotatable bonds is 3. The summed E-state index contributed by atoms with van der Waals surface area (Å²) in [5.74, 6) is -0.530. The highest BCUT2D eigenvalue weighted by atomic mass is 32.2. The number of piperazine rings is 1. The van der Waals surface area contributed by atoms with Crippen molar-refractivity contribution in [2.75, 3.05) is 26.2 Å². The lowest BCUT2D eigenvalue weighted by molar-refractivity contribution is 0.0702. The zero-order chi connectivity index (χ0) is 22.5. The molecule has 1 N–H and O–H groups in total. The van der Waals surface area contributed by atoms with Crippen LogP contribution in [0.5, 0.6) is 5.75 Å². The van der Waals surface area contributed by atoms with Crippen LogP contribution in [0, 0.1) is 13.8 Å². The van der Waals surface area contributed by atoms with Crippen LogP contribution in [0.1, 0.15) is 20.8 Å². The van der Waals surface area contributed by atoms with E-state index in [0.29, 0.717) is 20.7 Å². The van der Waals surface area contributed by atoms with Crippen molar-refractivity contribution in [1.82, 2.24) is 18.8 Å². The third-order valence-corrected chi connectivity index (χ3v) is 8.58. The zero-order valence-electron chi connectivity index (χ0n) is 17.3. The average Bonchev–Trinajstić information content (AvgIpc) is 3.09. The summed E-state index contributed by atoms with van der Waals surface area (Å²) in [6.45, 7) is 4.14. The van der Waals surface area contributed by atoms with Gasteiger partial charge in [0.05, 0.1) is 16.6 Å². The van der Waals surface area contributed by atoms with Gasteiger partial charge in [0, 0.05) is 33.2 Å². The molecule has 31 heavy (non-hydrogen) atoms. The van der Waals surface area contributed by atoms with Crippen molar-refractivity contribution in [3.63, 3.8) is 0 Å². The van der Waals surface area contributed by atoms with Crippen LogP contribution in [0.4, 0.5) is 0 Å². The van der Waals surface area contributed by atoms with Crippen LogP contribution in [0.3, 0.4) is 0 Å². The third-order valence-electron chi connectivity index (χ3n) is 5.46. The first-order valence-corrected chi connectivity index (χ1v) is 11.9. The molecule has 1 fully saturated rings. The lowest BCUT2D eigenvalue weighted by Gasteiger charge is -2.34. The van der Waals surface area contributed by atoms with Crippen LogP contribution < -0.4 is 5.56 Å². The van der Waals surface area contributed by atoms with Crippen molar-refractivity contribution < 1.29 is 18.3 Å². The summed E-state index contributed by atoms with van der Waals surface area (Å²) in [6, 6.07) is 4.45. The minimum atomic E-state index is -3.87. The Hall–Kier alpha value is -2.76. The van der Waals surface area contributed by atoms with Crippen molar-refractivity contribution in [3.05, 3.63) is 50.9 Å². The summed E-state index contributed by atoms with van der Waals surface area (Å²) in [5, 5.41) is 10.5. The van der Waals surface area contributed by atoms with E-state index in [0.717, 1.165) is 5.56 Å². The van der Waals surface area contributed by atoms with E-state index in [1.165, 1.54) is 38.7 Å². The second-order valence-electron chi connectivity index (χ2n) is 7.56. The number of sulfonamides is 1. The predicted molar refractivity (Wildman–Crippen MR) is 117 cm³/mol. The fraction of sp³-hybridized carbons (Fsp3) is 0.350. The van der Waals surface area contributed by atoms with Gasteiger partial charge in [-0.1, -0.05) is 6.07 Å². The number of aryl methyl sites for hydroxylation is 3. The van der Waals surface area contributed by atoms with E-state index in [2.05, 4.69) is 4.98 Å². The summed E-state index contributed by atoms with van der Waals surface area (Å²) >= 11 is 1.17. The number of nitrogens with zero attached hydrogens (tertiary/aromatic N) is 4. The molecule has 0 unspecified atom stereocenters. The number of hydrogen-bond donors (Lipinski definition) is 1. The molecule has 2 aromatic heterocycles. The normalized spacial score (nSPS) is 15.5. The van der Waals surface area contributed by atoms with Gasteiger partial charge in [-0.2, -0.15) is 4.31 Å². The third kappa shape index (κ3) is 3.62. The van der Waals surface area contributed by atoms with Gasteiger partial charge in [0.25, 0.3) is 11.5 Å². The van der Waals surface area contributed by atoms with Crippen molar-refractivity contribution in [3.8, 4) is 5.75 Å². The Morgan fingerprint density at radius 3 is 2.52 bits per heavy atom. The van der Waals surface area contributed by atoms with E-state index < -0.39 is 10.0 Å². The van der Waals surface area contributed by atoms with Crippen LogP contribution in [0.2, 0.25) is 0 Å². The van der Waals surface area contributed by atoms with Gasteiger partial charge in [0.1, 0.15) is 15.5 Å². The SMILES string of the molecule is Cc1ccc(O)c(S(=O)(=O)N2CCN(C(=O)c3sc4ncn(C)c(=O)c4c3C)CC2)c1. The second kappa shape index (κ2) is 7.74. The molecule has 0 atom stereocenters. The first-order valence-electron chi connectivity index (χ1n) is 9.65. The highest BCUT2D eigenvalue weighted by Gasteiger charge is 2.33. The Labute approximate surface area is 183 Å². The number of aromatic nitrogens is 2. The van der Waals surface area contributed by atoms with Crippen molar-refractivity contribution in [2.24, 2.45) is 7.05 Å². The molecule has 4 rings (SSSR count). The topological polar surface area (TPSA) is 113 Å². The van der Waals surface area contributed by atoms with E-state index in [-0.39, 0.29) is 48.3 Å². The van der Waals surface area contributed by atoms with Gasteiger partial charge in [0.2, 0.25) is 10.0 Å². The van der Waals surface area contributed by atoms with Gasteiger partial charge in [-0.3, -0.25) is 9.59 Å². The lowest BCUT2D eigenvalue weighted by atomic mass is 10.2. The first kappa shape index (κ1) is 21.5. The Balaban J connectivity index is 1.55. The number of fused-ring (bicyclic) bond motifs is 1. The summed E-state index contributed by atoms with van der Waals surface area (Å²) < 4.78 is 28.6. The number of thiophene rings is 1. The number of carbonyl (C=O) groups is 1. The molecule has 1 aliphatic heterocycles.